The van der Waals surface area contributed by atoms with Crippen molar-refractivity contribution in [1.82, 2.24) is 0 Å². The molecule has 0 bridgehead atoms. The molecule has 0 heterocycles. The van der Waals surface area contributed by atoms with Crippen molar-refractivity contribution in [3.63, 3.8) is 0 Å². The summed E-state index contributed by atoms with van der Waals surface area (Å²) in [5.41, 5.74) is 0.186. The van der Waals surface area contributed by atoms with Crippen LogP contribution in [-0.4, -0.2) is 10.9 Å². The van der Waals surface area contributed by atoms with E-state index in [9.17, 15) is 9.90 Å². The molecule has 0 atom stereocenters. The van der Waals surface area contributed by atoms with E-state index < -0.39 is 0 Å². The lowest BCUT2D eigenvalue weighted by Gasteiger charge is -2.02. The number of phenolic OH excluding ortho intramolecular Hbond substituents is 1. The molecule has 0 amide bonds. The van der Waals surface area contributed by atoms with Crippen molar-refractivity contribution < 1.29 is 9.90 Å². The van der Waals surface area contributed by atoms with Crippen LogP contribution in [0.15, 0.2) is 12.1 Å². The molecule has 1 aromatic carbocycles. The van der Waals surface area contributed by atoms with Gasteiger partial charge in [0.1, 0.15) is 17.4 Å². The van der Waals surface area contributed by atoms with Crippen LogP contribution < -0.4 is 0 Å². The molecule has 0 aliphatic heterocycles. The van der Waals surface area contributed by atoms with Gasteiger partial charge in [0.25, 0.3) is 0 Å². The number of nitrogens with zero attached hydrogens (tertiary/aromatic N) is 1. The van der Waals surface area contributed by atoms with Crippen molar-refractivity contribution >= 4 is 17.4 Å². The Kier molecular flexibility index (Phi) is 2.54. The quantitative estimate of drug-likeness (QED) is 0.699. The maximum absolute atomic E-state index is 11.0. The van der Waals surface area contributed by atoms with Gasteiger partial charge in [0.15, 0.2) is 5.78 Å². The summed E-state index contributed by atoms with van der Waals surface area (Å²) < 4.78 is 0. The zero-order chi connectivity index (χ0) is 10.0. The highest BCUT2D eigenvalue weighted by Crippen LogP contribution is 2.28. The minimum absolute atomic E-state index is 0.00926. The molecule has 0 radical (unpaired) electrons. The first-order valence-corrected chi connectivity index (χ1v) is 3.88. The van der Waals surface area contributed by atoms with E-state index in [2.05, 4.69) is 0 Å². The maximum Gasteiger partial charge on any atom is 0.161 e. The van der Waals surface area contributed by atoms with E-state index in [1.165, 1.54) is 19.1 Å². The maximum atomic E-state index is 11.0. The van der Waals surface area contributed by atoms with E-state index in [0.29, 0.717) is 0 Å². The normalized spacial score (nSPS) is 9.31. The van der Waals surface area contributed by atoms with Gasteiger partial charge in [-0.25, -0.2) is 0 Å². The molecule has 66 valence electrons. The summed E-state index contributed by atoms with van der Waals surface area (Å²) in [6.45, 7) is 1.35. The Hall–Kier alpha value is -1.53. The number of phenols is 1. The summed E-state index contributed by atoms with van der Waals surface area (Å²) in [6.07, 6.45) is 0. The molecule has 0 aliphatic carbocycles. The number of benzene rings is 1. The average Bonchev–Trinajstić information content (AvgIpc) is 2.04. The third-order valence-electron chi connectivity index (χ3n) is 1.61. The Labute approximate surface area is 80.2 Å². The molecular weight excluding hydrogens is 190 g/mol. The van der Waals surface area contributed by atoms with E-state index in [4.69, 9.17) is 16.9 Å². The fraction of sp³-hybridized carbons (Fsp3) is 0.111. The van der Waals surface area contributed by atoms with Crippen molar-refractivity contribution in [1.29, 1.82) is 5.26 Å². The van der Waals surface area contributed by atoms with Gasteiger partial charge in [-0.15, -0.1) is 0 Å². The Balaban J connectivity index is 3.47. The predicted octanol–water partition coefficient (Wildman–Crippen LogP) is 2.12. The zero-order valence-corrected chi connectivity index (χ0v) is 7.59. The Morgan fingerprint density at radius 3 is 2.69 bits per heavy atom. The number of hydrogen-bond donors (Lipinski definition) is 1. The zero-order valence-electron chi connectivity index (χ0n) is 6.84. The lowest BCUT2D eigenvalue weighted by molar-refractivity contribution is 0.101. The number of hydrogen-bond acceptors (Lipinski definition) is 3. The molecular formula is C9H6ClNO2. The Bertz CT molecular complexity index is 407. The second-order valence-electron chi connectivity index (χ2n) is 2.49. The first-order chi connectivity index (χ1) is 6.07. The summed E-state index contributed by atoms with van der Waals surface area (Å²) >= 11 is 5.71. The molecule has 3 nitrogen and oxygen atoms in total. The van der Waals surface area contributed by atoms with Crippen molar-refractivity contribution in [2.75, 3.05) is 0 Å². The molecule has 1 rings (SSSR count). The SMILES string of the molecule is CC(=O)c1ccc(O)c(C#N)c1Cl. The smallest absolute Gasteiger partial charge is 0.161 e. The van der Waals surface area contributed by atoms with Crippen molar-refractivity contribution in [2.24, 2.45) is 0 Å². The lowest BCUT2D eigenvalue weighted by atomic mass is 10.1. The van der Waals surface area contributed by atoms with E-state index in [1.807, 2.05) is 0 Å². The molecule has 1 N–H and O–H groups in total. The van der Waals surface area contributed by atoms with Gasteiger partial charge in [-0.05, 0) is 19.1 Å². The number of ketones is 1. The number of rotatable bonds is 1. The number of nitriles is 1. The minimum Gasteiger partial charge on any atom is -0.507 e. The van der Waals surface area contributed by atoms with Gasteiger partial charge < -0.3 is 5.11 Å². The van der Waals surface area contributed by atoms with Crippen LogP contribution in [0, 0.1) is 11.3 Å². The third-order valence-corrected chi connectivity index (χ3v) is 2.00. The first-order valence-electron chi connectivity index (χ1n) is 3.50. The van der Waals surface area contributed by atoms with Gasteiger partial charge in [-0.3, -0.25) is 4.79 Å². The largest absolute Gasteiger partial charge is 0.507 e. The van der Waals surface area contributed by atoms with Gasteiger partial charge in [0.2, 0.25) is 0 Å². The van der Waals surface area contributed by atoms with Crippen molar-refractivity contribution in [3.05, 3.63) is 28.3 Å². The predicted molar refractivity (Wildman–Crippen MR) is 47.8 cm³/mol. The summed E-state index contributed by atoms with van der Waals surface area (Å²) in [4.78, 5) is 11.0. The standard InChI is InChI=1S/C9H6ClNO2/c1-5(12)6-2-3-8(13)7(4-11)9(6)10/h2-3,13H,1H3. The number of carbonyl (C=O) groups is 1. The van der Waals surface area contributed by atoms with Crippen molar-refractivity contribution in [2.45, 2.75) is 6.92 Å². The van der Waals surface area contributed by atoms with Crippen LogP contribution in [0.1, 0.15) is 22.8 Å². The highest BCUT2D eigenvalue weighted by Gasteiger charge is 2.13. The van der Waals surface area contributed by atoms with Crippen LogP contribution >= 0.6 is 11.6 Å². The molecule has 0 aliphatic rings. The van der Waals surface area contributed by atoms with Crippen LogP contribution in [0.2, 0.25) is 5.02 Å². The molecule has 0 fully saturated rings. The molecule has 0 spiro atoms. The van der Waals surface area contributed by atoms with Crippen LogP contribution in [0.5, 0.6) is 5.75 Å². The van der Waals surface area contributed by atoms with Crippen molar-refractivity contribution in [3.8, 4) is 11.8 Å². The molecule has 13 heavy (non-hydrogen) atoms. The van der Waals surface area contributed by atoms with E-state index >= 15 is 0 Å². The third kappa shape index (κ3) is 1.63. The monoisotopic (exact) mass is 195 g/mol. The van der Waals surface area contributed by atoms with Crippen LogP contribution in [-0.2, 0) is 0 Å². The number of halogens is 1. The van der Waals surface area contributed by atoms with Gasteiger partial charge in [0.05, 0.1) is 5.02 Å². The van der Waals surface area contributed by atoms with E-state index in [-0.39, 0.29) is 27.7 Å². The van der Waals surface area contributed by atoms with Gasteiger partial charge in [0, 0.05) is 5.56 Å². The highest BCUT2D eigenvalue weighted by atomic mass is 35.5. The topological polar surface area (TPSA) is 61.1 Å². The Morgan fingerprint density at radius 1 is 1.62 bits per heavy atom. The molecule has 0 aromatic heterocycles. The Morgan fingerprint density at radius 2 is 2.23 bits per heavy atom. The first kappa shape index (κ1) is 9.56. The fourth-order valence-corrected chi connectivity index (χ4v) is 1.28. The second kappa shape index (κ2) is 3.46. The fourth-order valence-electron chi connectivity index (χ4n) is 0.944. The minimum atomic E-state index is -0.235. The van der Waals surface area contributed by atoms with E-state index in [0.717, 1.165) is 0 Å². The number of aromatic hydroxyl groups is 1. The summed E-state index contributed by atoms with van der Waals surface area (Å²) in [7, 11) is 0. The molecule has 0 saturated carbocycles. The van der Waals surface area contributed by atoms with Gasteiger partial charge >= 0.3 is 0 Å². The van der Waals surface area contributed by atoms with Gasteiger partial charge in [-0.2, -0.15) is 5.26 Å². The molecule has 0 saturated heterocycles. The van der Waals surface area contributed by atoms with Gasteiger partial charge in [-0.1, -0.05) is 11.6 Å². The summed E-state index contributed by atoms with van der Waals surface area (Å²) in [6, 6.07) is 4.39. The average molecular weight is 196 g/mol. The van der Waals surface area contributed by atoms with E-state index in [1.54, 1.807) is 6.07 Å². The lowest BCUT2D eigenvalue weighted by Crippen LogP contribution is -1.95. The molecule has 0 unspecified atom stereocenters. The molecule has 4 heteroatoms. The molecule has 1 aromatic rings. The number of Topliss-reactive ketones (excluding diaryl/α,β-unsaturated/α-hetero) is 1. The van der Waals surface area contributed by atoms with Crippen LogP contribution in [0.4, 0.5) is 0 Å². The summed E-state index contributed by atoms with van der Waals surface area (Å²) in [5.74, 6) is -0.445. The highest BCUT2D eigenvalue weighted by molar-refractivity contribution is 6.35. The van der Waals surface area contributed by atoms with Crippen LogP contribution in [0.3, 0.4) is 0 Å². The van der Waals surface area contributed by atoms with Crippen LogP contribution in [0.25, 0.3) is 0 Å². The number of carbonyl (C=O) groups excluding carboxylic acids is 1. The second-order valence-corrected chi connectivity index (χ2v) is 2.87. The summed E-state index contributed by atoms with van der Waals surface area (Å²) in [5, 5.41) is 17.8.